The third-order valence-electron chi connectivity index (χ3n) is 2.72. The van der Waals surface area contributed by atoms with Gasteiger partial charge in [0.15, 0.2) is 0 Å². The van der Waals surface area contributed by atoms with Gasteiger partial charge in [0, 0.05) is 12.2 Å². The van der Waals surface area contributed by atoms with E-state index in [1.165, 1.54) is 11.8 Å². The van der Waals surface area contributed by atoms with E-state index in [1.807, 2.05) is 31.2 Å². The van der Waals surface area contributed by atoms with Crippen LogP contribution in [0.4, 0.5) is 0 Å². The summed E-state index contributed by atoms with van der Waals surface area (Å²) < 4.78 is 5.74. The monoisotopic (exact) mass is 278 g/mol. The summed E-state index contributed by atoms with van der Waals surface area (Å²) in [5.74, 6) is 0. The lowest BCUT2D eigenvalue weighted by atomic mass is 10.0. The number of hydrogen-bond acceptors (Lipinski definition) is 4. The van der Waals surface area contributed by atoms with Crippen LogP contribution in [0.25, 0.3) is 0 Å². The molecular weight excluding hydrogens is 256 g/mol. The van der Waals surface area contributed by atoms with Crippen molar-refractivity contribution in [2.24, 2.45) is 0 Å². The van der Waals surface area contributed by atoms with Gasteiger partial charge in [-0.15, -0.1) is 0 Å². The van der Waals surface area contributed by atoms with E-state index < -0.39 is 0 Å². The maximum atomic E-state index is 7.89. The average Bonchev–Trinajstić information content (AvgIpc) is 2.38. The molecule has 1 unspecified atom stereocenters. The summed E-state index contributed by atoms with van der Waals surface area (Å²) in [4.78, 5) is 0. The molecule has 3 nitrogen and oxygen atoms in total. The maximum Gasteiger partial charge on any atom is 0.100 e. The quantitative estimate of drug-likeness (QED) is 0.589. The fourth-order valence-electron chi connectivity index (χ4n) is 1.87. The van der Waals surface area contributed by atoms with E-state index in [9.17, 15) is 0 Å². The van der Waals surface area contributed by atoms with E-state index in [-0.39, 0.29) is 6.10 Å². The highest BCUT2D eigenvalue weighted by Gasteiger charge is 2.11. The Balaban J connectivity index is 2.79. The van der Waals surface area contributed by atoms with Gasteiger partial charge in [-0.1, -0.05) is 49.4 Å². The first-order chi connectivity index (χ1) is 9.08. The van der Waals surface area contributed by atoms with Crippen LogP contribution in [0, 0.1) is 10.8 Å². The van der Waals surface area contributed by atoms with Gasteiger partial charge in [0.1, 0.15) is 5.04 Å². The van der Waals surface area contributed by atoms with Gasteiger partial charge >= 0.3 is 0 Å². The minimum Gasteiger partial charge on any atom is -0.374 e. The fraction of sp³-hybridized carbons (Fsp3) is 0.467. The van der Waals surface area contributed by atoms with E-state index in [2.05, 4.69) is 6.92 Å². The highest BCUT2D eigenvalue weighted by atomic mass is 32.2. The molecule has 19 heavy (non-hydrogen) atoms. The Hall–Kier alpha value is -1.13. The predicted octanol–water partition coefficient (Wildman–Crippen LogP) is 4.62. The molecule has 0 aliphatic heterocycles. The van der Waals surface area contributed by atoms with Crippen LogP contribution < -0.4 is 0 Å². The van der Waals surface area contributed by atoms with Gasteiger partial charge in [0.2, 0.25) is 0 Å². The first-order valence-electron chi connectivity index (χ1n) is 6.62. The Morgan fingerprint density at radius 1 is 1.21 bits per heavy atom. The van der Waals surface area contributed by atoms with Gasteiger partial charge in [-0.2, -0.15) is 0 Å². The molecule has 1 aromatic rings. The molecule has 104 valence electrons. The second-order valence-electron chi connectivity index (χ2n) is 4.34. The molecule has 0 spiro atoms. The molecule has 0 amide bonds. The molecular formula is C15H22N2OS. The largest absolute Gasteiger partial charge is 0.374 e. The topological polar surface area (TPSA) is 56.9 Å². The van der Waals surface area contributed by atoms with Gasteiger partial charge in [-0.3, -0.25) is 10.8 Å². The molecule has 0 saturated carbocycles. The van der Waals surface area contributed by atoms with Crippen LogP contribution in [0.3, 0.4) is 0 Å². The van der Waals surface area contributed by atoms with Crippen molar-refractivity contribution < 1.29 is 4.74 Å². The van der Waals surface area contributed by atoms with Crippen LogP contribution in [0.5, 0.6) is 0 Å². The predicted molar refractivity (Wildman–Crippen MR) is 83.5 cm³/mol. The highest BCUT2D eigenvalue weighted by Crippen LogP contribution is 2.24. The molecule has 0 radical (unpaired) electrons. The van der Waals surface area contributed by atoms with Crippen molar-refractivity contribution in [1.29, 1.82) is 10.8 Å². The Kier molecular flexibility index (Phi) is 6.81. The Morgan fingerprint density at radius 2 is 1.84 bits per heavy atom. The average molecular weight is 278 g/mol. The van der Waals surface area contributed by atoms with Gasteiger partial charge in [-0.25, -0.2) is 0 Å². The molecule has 4 heteroatoms. The summed E-state index contributed by atoms with van der Waals surface area (Å²) >= 11 is 1.18. The van der Waals surface area contributed by atoms with Crippen LogP contribution in [0.1, 0.15) is 50.8 Å². The number of hydrogen-bond donors (Lipinski definition) is 2. The van der Waals surface area contributed by atoms with Crippen molar-refractivity contribution in [3.63, 3.8) is 0 Å². The lowest BCUT2D eigenvalue weighted by molar-refractivity contribution is 0.0557. The molecule has 2 N–H and O–H groups in total. The van der Waals surface area contributed by atoms with Crippen molar-refractivity contribution >= 4 is 21.8 Å². The lowest BCUT2D eigenvalue weighted by Crippen LogP contribution is -2.05. The molecule has 0 aliphatic rings. The normalized spacial score (nSPS) is 12.2. The van der Waals surface area contributed by atoms with Crippen molar-refractivity contribution in [2.75, 3.05) is 6.61 Å². The summed E-state index contributed by atoms with van der Waals surface area (Å²) in [6.07, 6.45) is 2.25. The van der Waals surface area contributed by atoms with Gasteiger partial charge in [-0.05, 0) is 25.8 Å². The second kappa shape index (κ2) is 8.12. The number of ether oxygens (including phenoxy) is 1. The standard InChI is InChI=1S/C15H22N2OS/c1-4-6-14(18-5-2)12-7-9-13(10-8-12)15(17)19-11(3)16/h7-10,14,16-17H,4-6H2,1-3H3. The minimum atomic E-state index is 0.148. The first kappa shape index (κ1) is 15.9. The highest BCUT2D eigenvalue weighted by molar-refractivity contribution is 8.26. The van der Waals surface area contributed by atoms with Crippen molar-refractivity contribution in [3.8, 4) is 0 Å². The van der Waals surface area contributed by atoms with E-state index in [0.29, 0.717) is 16.7 Å². The third kappa shape index (κ3) is 5.17. The van der Waals surface area contributed by atoms with Crippen LogP contribution in [0.2, 0.25) is 0 Å². The minimum absolute atomic E-state index is 0.148. The maximum absolute atomic E-state index is 7.89. The van der Waals surface area contributed by atoms with Crippen LogP contribution in [0.15, 0.2) is 24.3 Å². The fourth-order valence-corrected chi connectivity index (χ4v) is 2.43. The molecule has 0 aliphatic carbocycles. The van der Waals surface area contributed by atoms with Gasteiger partial charge in [0.25, 0.3) is 0 Å². The molecule has 1 rings (SSSR count). The number of thioether (sulfide) groups is 1. The molecule has 1 atom stereocenters. The zero-order valence-corrected chi connectivity index (χ0v) is 12.6. The third-order valence-corrected chi connectivity index (χ3v) is 3.46. The summed E-state index contributed by atoms with van der Waals surface area (Å²) in [6.45, 7) is 6.57. The van der Waals surface area contributed by atoms with Crippen molar-refractivity contribution in [1.82, 2.24) is 0 Å². The Labute approximate surface area is 119 Å². The van der Waals surface area contributed by atoms with Crippen LogP contribution in [-0.4, -0.2) is 16.7 Å². The zero-order valence-electron chi connectivity index (χ0n) is 11.8. The molecule has 1 aromatic carbocycles. The first-order valence-corrected chi connectivity index (χ1v) is 7.43. The van der Waals surface area contributed by atoms with Crippen molar-refractivity contribution in [3.05, 3.63) is 35.4 Å². The number of rotatable bonds is 6. The van der Waals surface area contributed by atoms with E-state index in [4.69, 9.17) is 15.6 Å². The zero-order chi connectivity index (χ0) is 14.3. The number of benzene rings is 1. The molecule has 0 aromatic heterocycles. The van der Waals surface area contributed by atoms with Crippen molar-refractivity contribution in [2.45, 2.75) is 39.7 Å². The lowest BCUT2D eigenvalue weighted by Gasteiger charge is -2.17. The molecule has 0 fully saturated rings. The van der Waals surface area contributed by atoms with Crippen LogP contribution in [-0.2, 0) is 4.74 Å². The number of nitrogens with one attached hydrogen (secondary N) is 2. The molecule has 0 heterocycles. The molecule has 0 saturated heterocycles. The van der Waals surface area contributed by atoms with Gasteiger partial charge in [0.05, 0.1) is 11.1 Å². The SMILES string of the molecule is CCCC(OCC)c1ccc(C(=N)SC(C)=N)cc1. The summed E-state index contributed by atoms with van der Waals surface area (Å²) in [6, 6.07) is 7.93. The van der Waals surface area contributed by atoms with E-state index >= 15 is 0 Å². The summed E-state index contributed by atoms with van der Waals surface area (Å²) in [5.41, 5.74) is 2.02. The second-order valence-corrected chi connectivity index (χ2v) is 5.57. The van der Waals surface area contributed by atoms with E-state index in [0.717, 1.165) is 24.0 Å². The summed E-state index contributed by atoms with van der Waals surface area (Å²) in [7, 11) is 0. The Bertz CT molecular complexity index is 422. The Morgan fingerprint density at radius 3 is 2.32 bits per heavy atom. The smallest absolute Gasteiger partial charge is 0.100 e. The van der Waals surface area contributed by atoms with E-state index in [1.54, 1.807) is 6.92 Å². The summed E-state index contributed by atoms with van der Waals surface area (Å²) in [5, 5.41) is 16.1. The van der Waals surface area contributed by atoms with Crippen LogP contribution >= 0.6 is 11.8 Å². The van der Waals surface area contributed by atoms with Gasteiger partial charge < -0.3 is 4.74 Å². The molecule has 0 bridgehead atoms.